The first-order chi connectivity index (χ1) is 16.1. The summed E-state index contributed by atoms with van der Waals surface area (Å²) in [4.78, 5) is 15.5. The normalized spacial score (nSPS) is 16.6. The van der Waals surface area contributed by atoms with Crippen molar-refractivity contribution in [2.75, 3.05) is 32.9 Å². The van der Waals surface area contributed by atoms with Gasteiger partial charge >= 0.3 is 5.97 Å². The van der Waals surface area contributed by atoms with Gasteiger partial charge in [-0.05, 0) is 31.9 Å². The van der Waals surface area contributed by atoms with Crippen molar-refractivity contribution in [2.45, 2.75) is 32.0 Å². The van der Waals surface area contributed by atoms with E-state index in [2.05, 4.69) is 4.98 Å². The average molecular weight is 476 g/mol. The van der Waals surface area contributed by atoms with Crippen molar-refractivity contribution in [3.05, 3.63) is 64.9 Å². The molecule has 9 heteroatoms. The summed E-state index contributed by atoms with van der Waals surface area (Å²) >= 11 is 0. The maximum Gasteiger partial charge on any atom is 0.329 e. The highest BCUT2D eigenvalue weighted by Gasteiger charge is 2.37. The minimum absolute atomic E-state index is 0.00448. The SMILES string of the molecule is CC(C)(F)CN1CCc2c([nH]c3ccccc23)C1c1c(F)cc(OCCOCC(=O)O)cc1F. The number of aromatic amines is 1. The lowest BCUT2D eigenvalue weighted by Crippen LogP contribution is -2.43. The van der Waals surface area contributed by atoms with Gasteiger partial charge in [-0.15, -0.1) is 0 Å². The van der Waals surface area contributed by atoms with Crippen molar-refractivity contribution in [3.63, 3.8) is 0 Å². The number of H-pyrrole nitrogens is 1. The van der Waals surface area contributed by atoms with Crippen molar-refractivity contribution in [1.82, 2.24) is 9.88 Å². The van der Waals surface area contributed by atoms with Crippen molar-refractivity contribution < 1.29 is 32.5 Å². The molecule has 1 aliphatic rings. The number of carboxylic acid groups (broad SMARTS) is 1. The molecule has 2 N–H and O–H groups in total. The van der Waals surface area contributed by atoms with E-state index >= 15 is 8.78 Å². The highest BCUT2D eigenvalue weighted by atomic mass is 19.1. The van der Waals surface area contributed by atoms with Crippen LogP contribution in [-0.2, 0) is 16.0 Å². The lowest BCUT2D eigenvalue weighted by molar-refractivity contribution is -0.142. The molecular weight excluding hydrogens is 449 g/mol. The topological polar surface area (TPSA) is 74.8 Å². The number of hydrogen-bond acceptors (Lipinski definition) is 4. The van der Waals surface area contributed by atoms with Crippen molar-refractivity contribution in [3.8, 4) is 5.75 Å². The number of alkyl halides is 1. The van der Waals surface area contributed by atoms with E-state index in [0.29, 0.717) is 18.7 Å². The predicted octanol–water partition coefficient (Wildman–Crippen LogP) is 4.62. The summed E-state index contributed by atoms with van der Waals surface area (Å²) in [7, 11) is 0. The van der Waals surface area contributed by atoms with Crippen LogP contribution >= 0.6 is 0 Å². The van der Waals surface area contributed by atoms with E-state index in [1.165, 1.54) is 13.8 Å². The number of carboxylic acids is 1. The number of para-hydroxylation sites is 1. The number of halogens is 3. The zero-order chi connectivity index (χ0) is 24.5. The van der Waals surface area contributed by atoms with Crippen LogP contribution < -0.4 is 4.74 Å². The Hall–Kier alpha value is -3.04. The smallest absolute Gasteiger partial charge is 0.329 e. The first-order valence-corrected chi connectivity index (χ1v) is 11.1. The number of ether oxygens (including phenoxy) is 2. The fourth-order valence-electron chi connectivity index (χ4n) is 4.55. The summed E-state index contributed by atoms with van der Waals surface area (Å²) in [6, 6.07) is 9.01. The van der Waals surface area contributed by atoms with Gasteiger partial charge in [0.2, 0.25) is 0 Å². The quantitative estimate of drug-likeness (QED) is 0.441. The molecule has 6 nitrogen and oxygen atoms in total. The maximum absolute atomic E-state index is 15.4. The molecule has 1 aliphatic heterocycles. The molecule has 1 atom stereocenters. The lowest BCUT2D eigenvalue weighted by Gasteiger charge is -2.38. The Kier molecular flexibility index (Phi) is 6.86. The second-order valence-corrected chi connectivity index (χ2v) is 9.00. The summed E-state index contributed by atoms with van der Waals surface area (Å²) in [5.74, 6) is -2.77. The monoisotopic (exact) mass is 476 g/mol. The summed E-state index contributed by atoms with van der Waals surface area (Å²) in [6.45, 7) is 2.75. The molecule has 34 heavy (non-hydrogen) atoms. The third-order valence-electron chi connectivity index (χ3n) is 5.76. The zero-order valence-corrected chi connectivity index (χ0v) is 19.0. The third kappa shape index (κ3) is 5.20. The van der Waals surface area contributed by atoms with Crippen LogP contribution in [0.25, 0.3) is 10.9 Å². The molecule has 0 amide bonds. The number of nitrogens with one attached hydrogen (secondary N) is 1. The summed E-state index contributed by atoms with van der Waals surface area (Å²) in [6.07, 6.45) is 0.632. The Morgan fingerprint density at radius 3 is 2.59 bits per heavy atom. The number of fused-ring (bicyclic) bond motifs is 3. The number of carbonyl (C=O) groups is 1. The molecule has 0 saturated carbocycles. The first-order valence-electron chi connectivity index (χ1n) is 11.1. The number of rotatable bonds is 9. The second kappa shape index (κ2) is 9.68. The van der Waals surface area contributed by atoms with Crippen LogP contribution in [0.5, 0.6) is 5.75 Å². The summed E-state index contributed by atoms with van der Waals surface area (Å²) < 4.78 is 55.6. The van der Waals surface area contributed by atoms with Crippen LogP contribution in [0.15, 0.2) is 36.4 Å². The Balaban J connectivity index is 1.67. The molecule has 0 spiro atoms. The van der Waals surface area contributed by atoms with Gasteiger partial charge in [0.05, 0.1) is 12.6 Å². The molecule has 0 aliphatic carbocycles. The number of hydrogen-bond donors (Lipinski definition) is 2. The van der Waals surface area contributed by atoms with Crippen LogP contribution in [0.4, 0.5) is 13.2 Å². The van der Waals surface area contributed by atoms with Gasteiger partial charge in [-0.25, -0.2) is 18.0 Å². The summed E-state index contributed by atoms with van der Waals surface area (Å²) in [5.41, 5.74) is 0.758. The molecule has 0 saturated heterocycles. The second-order valence-electron chi connectivity index (χ2n) is 9.00. The van der Waals surface area contributed by atoms with Gasteiger partial charge < -0.3 is 19.6 Å². The average Bonchev–Trinajstić information content (AvgIpc) is 3.12. The molecule has 1 aromatic heterocycles. The van der Waals surface area contributed by atoms with E-state index in [0.717, 1.165) is 28.6 Å². The number of nitrogens with zero attached hydrogens (tertiary/aromatic N) is 1. The van der Waals surface area contributed by atoms with Crippen LogP contribution in [-0.4, -0.2) is 59.5 Å². The first kappa shape index (κ1) is 24.1. The minimum atomic E-state index is -1.56. The molecular formula is C25H27F3N2O4. The largest absolute Gasteiger partial charge is 0.491 e. The number of aromatic nitrogens is 1. The van der Waals surface area contributed by atoms with Crippen LogP contribution in [0.2, 0.25) is 0 Å². The highest BCUT2D eigenvalue weighted by Crippen LogP contribution is 2.41. The van der Waals surface area contributed by atoms with Crippen LogP contribution in [0.3, 0.4) is 0 Å². The van der Waals surface area contributed by atoms with Gasteiger partial charge in [0.25, 0.3) is 0 Å². The van der Waals surface area contributed by atoms with Crippen molar-refractivity contribution in [2.24, 2.45) is 0 Å². The van der Waals surface area contributed by atoms with Gasteiger partial charge in [0, 0.05) is 47.4 Å². The highest BCUT2D eigenvalue weighted by molar-refractivity contribution is 5.85. The van der Waals surface area contributed by atoms with E-state index in [-0.39, 0.29) is 31.1 Å². The minimum Gasteiger partial charge on any atom is -0.491 e. The third-order valence-corrected chi connectivity index (χ3v) is 5.76. The van der Waals surface area contributed by atoms with Gasteiger partial charge in [-0.2, -0.15) is 0 Å². The molecule has 3 aromatic rings. The fourth-order valence-corrected chi connectivity index (χ4v) is 4.55. The Morgan fingerprint density at radius 2 is 1.91 bits per heavy atom. The van der Waals surface area contributed by atoms with Crippen molar-refractivity contribution in [1.29, 1.82) is 0 Å². The van der Waals surface area contributed by atoms with E-state index in [1.54, 1.807) is 4.90 Å². The van der Waals surface area contributed by atoms with Crippen LogP contribution in [0, 0.1) is 11.6 Å². The molecule has 2 heterocycles. The molecule has 182 valence electrons. The predicted molar refractivity (Wildman–Crippen MR) is 121 cm³/mol. The van der Waals surface area contributed by atoms with Gasteiger partial charge in [-0.1, -0.05) is 18.2 Å². The lowest BCUT2D eigenvalue weighted by atomic mass is 9.90. The van der Waals surface area contributed by atoms with Crippen molar-refractivity contribution >= 4 is 16.9 Å². The van der Waals surface area contributed by atoms with E-state index in [9.17, 15) is 9.18 Å². The van der Waals surface area contributed by atoms with E-state index in [4.69, 9.17) is 14.6 Å². The standard InChI is InChI=1S/C25H27F3N2O4/c1-25(2,28)14-30-8-7-17-16-5-3-4-6-20(16)29-23(17)24(30)22-18(26)11-15(12-19(22)27)34-10-9-33-13-21(31)32/h3-6,11-12,24,29H,7-10,13-14H2,1-2H3,(H,31,32). The van der Waals surface area contributed by atoms with Gasteiger partial charge in [0.1, 0.15) is 36.3 Å². The van der Waals surface area contributed by atoms with E-state index < -0.39 is 35.9 Å². The molecule has 0 bridgehead atoms. The Bertz CT molecular complexity index is 1170. The molecule has 0 fully saturated rings. The number of benzene rings is 2. The zero-order valence-electron chi connectivity index (χ0n) is 19.0. The molecule has 0 radical (unpaired) electrons. The Labute approximate surface area is 195 Å². The summed E-state index contributed by atoms with van der Waals surface area (Å²) in [5, 5.41) is 9.56. The van der Waals surface area contributed by atoms with Gasteiger partial charge in [0.15, 0.2) is 0 Å². The van der Waals surface area contributed by atoms with Gasteiger partial charge in [-0.3, -0.25) is 4.90 Å². The molecule has 1 unspecified atom stereocenters. The number of aliphatic carboxylic acids is 1. The molecule has 4 rings (SSSR count). The Morgan fingerprint density at radius 1 is 1.21 bits per heavy atom. The van der Waals surface area contributed by atoms with Crippen LogP contribution in [0.1, 0.15) is 36.7 Å². The maximum atomic E-state index is 15.4. The van der Waals surface area contributed by atoms with E-state index in [1.807, 2.05) is 24.3 Å². The fraction of sp³-hybridized carbons (Fsp3) is 0.400. The molecule has 2 aromatic carbocycles.